The van der Waals surface area contributed by atoms with Gasteiger partial charge in [0.25, 0.3) is 0 Å². The van der Waals surface area contributed by atoms with Crippen LogP contribution in [0.5, 0.6) is 0 Å². The third-order valence-corrected chi connectivity index (χ3v) is 4.72. The Morgan fingerprint density at radius 1 is 1.10 bits per heavy atom. The third-order valence-electron chi connectivity index (χ3n) is 4.72. The van der Waals surface area contributed by atoms with Crippen molar-refractivity contribution in [1.82, 2.24) is 10.2 Å². The summed E-state index contributed by atoms with van der Waals surface area (Å²) in [4.78, 5) is 4.81. The lowest BCUT2D eigenvalue weighted by atomic mass is 9.75. The van der Waals surface area contributed by atoms with E-state index < -0.39 is 0 Å². The van der Waals surface area contributed by atoms with Gasteiger partial charge in [0.1, 0.15) is 0 Å². The molecule has 20 heavy (non-hydrogen) atoms. The normalized spacial score (nSPS) is 17.1. The molecule has 0 bridgehead atoms. The van der Waals surface area contributed by atoms with Crippen LogP contribution in [0.4, 0.5) is 5.69 Å². The van der Waals surface area contributed by atoms with Crippen molar-refractivity contribution in [2.45, 2.75) is 38.3 Å². The number of anilines is 1. The predicted molar refractivity (Wildman–Crippen MR) is 87.4 cm³/mol. The van der Waals surface area contributed by atoms with Crippen LogP contribution in [0.15, 0.2) is 24.3 Å². The van der Waals surface area contributed by atoms with Gasteiger partial charge in [-0.1, -0.05) is 19.1 Å². The first-order valence-electron chi connectivity index (χ1n) is 7.75. The van der Waals surface area contributed by atoms with Gasteiger partial charge in [-0.2, -0.15) is 0 Å². The summed E-state index contributed by atoms with van der Waals surface area (Å²) in [6, 6.07) is 8.96. The molecule has 112 valence electrons. The van der Waals surface area contributed by atoms with Crippen LogP contribution in [0, 0.1) is 0 Å². The van der Waals surface area contributed by atoms with E-state index in [1.54, 1.807) is 0 Å². The number of nitrogens with one attached hydrogen (secondary N) is 1. The molecule has 2 rings (SSSR count). The molecule has 3 heteroatoms. The molecule has 0 radical (unpaired) electrons. The number of hydrogen-bond acceptors (Lipinski definition) is 3. The Morgan fingerprint density at radius 2 is 1.75 bits per heavy atom. The minimum absolute atomic E-state index is 0.386. The number of benzene rings is 1. The summed E-state index contributed by atoms with van der Waals surface area (Å²) < 4.78 is 0. The van der Waals surface area contributed by atoms with Gasteiger partial charge in [-0.05, 0) is 57.6 Å². The molecule has 1 aliphatic carbocycles. The molecule has 1 aromatic rings. The molecule has 0 amide bonds. The molecule has 0 saturated heterocycles. The van der Waals surface area contributed by atoms with Gasteiger partial charge in [-0.25, -0.2) is 0 Å². The minimum Gasteiger partial charge on any atom is -0.373 e. The maximum absolute atomic E-state index is 3.36. The van der Waals surface area contributed by atoms with Crippen molar-refractivity contribution in [3.05, 3.63) is 29.8 Å². The zero-order chi connectivity index (χ0) is 14.6. The summed E-state index contributed by atoms with van der Waals surface area (Å²) in [6.45, 7) is 5.24. The van der Waals surface area contributed by atoms with Crippen LogP contribution in [0.25, 0.3) is 0 Å². The first-order chi connectivity index (χ1) is 9.57. The van der Waals surface area contributed by atoms with Gasteiger partial charge in [-0.3, -0.25) is 0 Å². The van der Waals surface area contributed by atoms with Crippen LogP contribution in [0.1, 0.15) is 31.7 Å². The molecule has 1 saturated carbocycles. The standard InChI is InChI=1S/C17H29N3/c1-5-18-13-15-7-9-16(10-8-15)20(4)14-17(19(2)3)11-6-12-17/h7-10,18H,5-6,11-14H2,1-4H3. The topological polar surface area (TPSA) is 18.5 Å². The molecular weight excluding hydrogens is 246 g/mol. The number of likely N-dealkylation sites (N-methyl/N-ethyl adjacent to an activating group) is 2. The molecule has 3 nitrogen and oxygen atoms in total. The molecule has 0 heterocycles. The average Bonchev–Trinajstić information content (AvgIpc) is 2.40. The van der Waals surface area contributed by atoms with Crippen molar-refractivity contribution < 1.29 is 0 Å². The largest absolute Gasteiger partial charge is 0.373 e. The molecule has 1 aliphatic rings. The maximum Gasteiger partial charge on any atom is 0.0378 e. The van der Waals surface area contributed by atoms with Crippen LogP contribution in [0.3, 0.4) is 0 Å². The molecule has 0 spiro atoms. The maximum atomic E-state index is 3.36. The van der Waals surface area contributed by atoms with Crippen molar-refractivity contribution in [1.29, 1.82) is 0 Å². The lowest BCUT2D eigenvalue weighted by Gasteiger charge is -2.49. The van der Waals surface area contributed by atoms with E-state index in [0.29, 0.717) is 5.54 Å². The lowest BCUT2D eigenvalue weighted by Crippen LogP contribution is -2.56. The van der Waals surface area contributed by atoms with E-state index >= 15 is 0 Å². The fraction of sp³-hybridized carbons (Fsp3) is 0.647. The molecule has 0 unspecified atom stereocenters. The van der Waals surface area contributed by atoms with Crippen LogP contribution in [-0.4, -0.2) is 44.7 Å². The Labute approximate surface area is 124 Å². The minimum atomic E-state index is 0.386. The summed E-state index contributed by atoms with van der Waals surface area (Å²) in [5.74, 6) is 0. The second-order valence-corrected chi connectivity index (χ2v) is 6.28. The molecule has 1 N–H and O–H groups in total. The first kappa shape index (κ1) is 15.3. The predicted octanol–water partition coefficient (Wildman–Crippen LogP) is 2.72. The van der Waals surface area contributed by atoms with Crippen molar-refractivity contribution in [2.24, 2.45) is 0 Å². The molecular formula is C17H29N3. The van der Waals surface area contributed by atoms with E-state index in [2.05, 4.69) is 67.4 Å². The van der Waals surface area contributed by atoms with E-state index in [-0.39, 0.29) is 0 Å². The van der Waals surface area contributed by atoms with Crippen molar-refractivity contribution in [3.8, 4) is 0 Å². The van der Waals surface area contributed by atoms with E-state index in [0.717, 1.165) is 19.6 Å². The fourth-order valence-electron chi connectivity index (χ4n) is 3.00. The quantitative estimate of drug-likeness (QED) is 0.825. The Kier molecular flexibility index (Phi) is 5.06. The third kappa shape index (κ3) is 3.33. The summed E-state index contributed by atoms with van der Waals surface area (Å²) in [5, 5.41) is 3.36. The van der Waals surface area contributed by atoms with Crippen LogP contribution in [0.2, 0.25) is 0 Å². The van der Waals surface area contributed by atoms with E-state index in [4.69, 9.17) is 0 Å². The Balaban J connectivity index is 1.96. The Bertz CT molecular complexity index is 407. The smallest absolute Gasteiger partial charge is 0.0378 e. The Morgan fingerprint density at radius 3 is 2.20 bits per heavy atom. The van der Waals surface area contributed by atoms with Crippen LogP contribution in [-0.2, 0) is 6.54 Å². The highest BCUT2D eigenvalue weighted by Gasteiger charge is 2.39. The highest BCUT2D eigenvalue weighted by molar-refractivity contribution is 5.47. The van der Waals surface area contributed by atoms with Gasteiger partial charge in [-0.15, -0.1) is 0 Å². The number of nitrogens with zero attached hydrogens (tertiary/aromatic N) is 2. The Hall–Kier alpha value is -1.06. The highest BCUT2D eigenvalue weighted by Crippen LogP contribution is 2.37. The molecule has 0 aromatic heterocycles. The average molecular weight is 275 g/mol. The van der Waals surface area contributed by atoms with E-state index in [1.807, 2.05) is 0 Å². The van der Waals surface area contributed by atoms with Crippen molar-refractivity contribution >= 4 is 5.69 Å². The highest BCUT2D eigenvalue weighted by atomic mass is 15.2. The second kappa shape index (κ2) is 6.59. The van der Waals surface area contributed by atoms with Gasteiger partial charge in [0, 0.05) is 31.4 Å². The van der Waals surface area contributed by atoms with Crippen LogP contribution < -0.4 is 10.2 Å². The lowest BCUT2D eigenvalue weighted by molar-refractivity contribution is 0.0683. The summed E-state index contributed by atoms with van der Waals surface area (Å²) in [6.07, 6.45) is 4.01. The van der Waals surface area contributed by atoms with Crippen LogP contribution >= 0.6 is 0 Å². The summed E-state index contributed by atoms with van der Waals surface area (Å²) in [7, 11) is 6.64. The SMILES string of the molecule is CCNCc1ccc(N(C)CC2(N(C)C)CCC2)cc1. The van der Waals surface area contributed by atoms with Gasteiger partial charge in [0.15, 0.2) is 0 Å². The van der Waals surface area contributed by atoms with Gasteiger partial charge >= 0.3 is 0 Å². The van der Waals surface area contributed by atoms with Crippen molar-refractivity contribution in [2.75, 3.05) is 39.1 Å². The number of rotatable bonds is 7. The summed E-state index contributed by atoms with van der Waals surface area (Å²) in [5.41, 5.74) is 3.06. The van der Waals surface area contributed by atoms with Gasteiger partial charge in [0.2, 0.25) is 0 Å². The first-order valence-corrected chi connectivity index (χ1v) is 7.75. The zero-order valence-electron chi connectivity index (χ0n) is 13.4. The van der Waals surface area contributed by atoms with Gasteiger partial charge in [0.05, 0.1) is 0 Å². The molecule has 0 atom stereocenters. The fourth-order valence-corrected chi connectivity index (χ4v) is 3.00. The van der Waals surface area contributed by atoms with E-state index in [9.17, 15) is 0 Å². The molecule has 0 aliphatic heterocycles. The van der Waals surface area contributed by atoms with Crippen molar-refractivity contribution in [3.63, 3.8) is 0 Å². The van der Waals surface area contributed by atoms with E-state index in [1.165, 1.54) is 30.5 Å². The molecule has 1 aromatic carbocycles. The monoisotopic (exact) mass is 275 g/mol. The molecule has 1 fully saturated rings. The summed E-state index contributed by atoms with van der Waals surface area (Å²) >= 11 is 0. The number of hydrogen-bond donors (Lipinski definition) is 1. The zero-order valence-corrected chi connectivity index (χ0v) is 13.4. The van der Waals surface area contributed by atoms with Gasteiger partial charge < -0.3 is 15.1 Å². The second-order valence-electron chi connectivity index (χ2n) is 6.28.